The highest BCUT2D eigenvalue weighted by molar-refractivity contribution is 7.43. The molecule has 0 aliphatic carbocycles. The Bertz CT molecular complexity index is 615. The molecule has 2 unspecified atom stereocenters. The molecule has 1 saturated heterocycles. The number of aliphatic hydroxyl groups excluding tert-OH is 2. The number of rotatable bonds is 4. The molecule has 0 saturated carbocycles. The lowest BCUT2D eigenvalue weighted by atomic mass is 10.1. The van der Waals surface area contributed by atoms with E-state index in [4.69, 9.17) is 15.6 Å². The third-order valence-electron chi connectivity index (χ3n) is 2.87. The Kier molecular flexibility index (Phi) is 4.44. The van der Waals surface area contributed by atoms with Crippen LogP contribution in [0.5, 0.6) is 0 Å². The van der Waals surface area contributed by atoms with Crippen LogP contribution in [0.4, 0.5) is 5.82 Å². The predicted molar refractivity (Wildman–Crippen MR) is 62.4 cm³/mol. The number of nitrogens with two attached hydrogens (primary N) is 1. The number of phosphoric ester groups is 1. The molecule has 12 heteroatoms. The molecule has 1 aromatic heterocycles. The lowest BCUT2D eigenvalue weighted by molar-refractivity contribution is -0.347. The lowest BCUT2D eigenvalue weighted by Gasteiger charge is -2.34. The van der Waals surface area contributed by atoms with Crippen LogP contribution in [0.15, 0.2) is 17.1 Å². The zero-order chi connectivity index (χ0) is 15.8. The summed E-state index contributed by atoms with van der Waals surface area (Å²) in [5.41, 5.74) is 4.46. The van der Waals surface area contributed by atoms with Gasteiger partial charge in [-0.2, -0.15) is 4.98 Å². The molecule has 0 spiro atoms. The summed E-state index contributed by atoms with van der Waals surface area (Å²) in [6.45, 7) is -0.727. The molecule has 1 aliphatic heterocycles. The van der Waals surface area contributed by atoms with E-state index in [9.17, 15) is 24.3 Å². The Balaban J connectivity index is 2.31. The maximum absolute atomic E-state index is 11.7. The van der Waals surface area contributed by atoms with E-state index < -0.39 is 44.7 Å². The third-order valence-corrected chi connectivity index (χ3v) is 3.37. The van der Waals surface area contributed by atoms with Crippen molar-refractivity contribution in [2.75, 3.05) is 12.3 Å². The average Bonchev–Trinajstić information content (AvgIpc) is 2.65. The summed E-state index contributed by atoms with van der Waals surface area (Å²) in [5.74, 6) is -0.0566. The van der Waals surface area contributed by atoms with Gasteiger partial charge in [0.1, 0.15) is 24.1 Å². The second-order valence-corrected chi connectivity index (χ2v) is 5.40. The largest absolute Gasteiger partial charge is 0.790 e. The van der Waals surface area contributed by atoms with Gasteiger partial charge in [-0.15, -0.1) is 0 Å². The van der Waals surface area contributed by atoms with E-state index in [1.54, 1.807) is 0 Å². The number of hydrogen-bond acceptors (Lipinski definition) is 10. The predicted octanol–water partition coefficient (Wildman–Crippen LogP) is -3.71. The van der Waals surface area contributed by atoms with Crippen LogP contribution in [0.2, 0.25) is 0 Å². The summed E-state index contributed by atoms with van der Waals surface area (Å²) in [7, 11) is -5.41. The molecule has 2 heterocycles. The highest BCUT2D eigenvalue weighted by Gasteiger charge is 2.46. The summed E-state index contributed by atoms with van der Waals surface area (Å²) in [5, 5.41) is 19.1. The van der Waals surface area contributed by atoms with Crippen LogP contribution in [-0.2, 0) is 13.8 Å². The van der Waals surface area contributed by atoms with E-state index in [1.165, 1.54) is 12.3 Å². The van der Waals surface area contributed by atoms with E-state index in [-0.39, 0.29) is 5.82 Å². The van der Waals surface area contributed by atoms with E-state index in [0.29, 0.717) is 0 Å². The van der Waals surface area contributed by atoms with Crippen LogP contribution in [0.25, 0.3) is 0 Å². The van der Waals surface area contributed by atoms with Gasteiger partial charge >= 0.3 is 5.69 Å². The molecule has 4 N–H and O–H groups in total. The zero-order valence-corrected chi connectivity index (χ0v) is 11.3. The average molecular weight is 321 g/mol. The number of aliphatic hydroxyl groups is 2. The van der Waals surface area contributed by atoms with Gasteiger partial charge in [0.15, 0.2) is 6.23 Å². The Labute approximate surface area is 117 Å². The molecule has 0 aromatic carbocycles. The minimum Gasteiger partial charge on any atom is -0.790 e. The lowest BCUT2D eigenvalue weighted by Crippen LogP contribution is -2.39. The van der Waals surface area contributed by atoms with Crippen molar-refractivity contribution in [3.63, 3.8) is 0 Å². The van der Waals surface area contributed by atoms with Crippen molar-refractivity contribution in [2.24, 2.45) is 0 Å². The molecule has 0 radical (unpaired) electrons. The summed E-state index contributed by atoms with van der Waals surface area (Å²) < 4.78 is 20.8. The van der Waals surface area contributed by atoms with E-state index >= 15 is 0 Å². The van der Waals surface area contributed by atoms with Crippen molar-refractivity contribution >= 4 is 13.6 Å². The quantitative estimate of drug-likeness (QED) is 0.466. The summed E-state index contributed by atoms with van der Waals surface area (Å²) in [4.78, 5) is 36.4. The number of phosphoric acid groups is 1. The molecule has 21 heavy (non-hydrogen) atoms. The molecule has 0 amide bonds. The summed E-state index contributed by atoms with van der Waals surface area (Å²) in [6, 6.07) is 1.26. The SMILES string of the molecule is Nc1ccn([C@@H]2O[C@H](CO)C(OP(=O)([O-])[O-])C2O)c(=O)n1. The first-order chi connectivity index (χ1) is 9.73. The standard InChI is InChI=1S/C9H14N3O8P/c10-5-1-2-12(9(15)11-5)8-6(14)7(4(3-13)19-8)20-21(16,17)18/h1-2,4,6-8,13-14H,3H2,(H2,10,11,15)(H2,16,17,18)/p-2/t4-,6?,7?,8-/m1/s1. The Morgan fingerprint density at radius 1 is 1.57 bits per heavy atom. The second-order valence-electron chi connectivity index (χ2n) is 4.30. The number of nitrogens with zero attached hydrogens (tertiary/aromatic N) is 2. The molecule has 118 valence electrons. The first kappa shape index (κ1) is 16.0. The Morgan fingerprint density at radius 2 is 2.24 bits per heavy atom. The van der Waals surface area contributed by atoms with Gasteiger partial charge in [0.2, 0.25) is 0 Å². The number of anilines is 1. The number of nitrogen functional groups attached to an aromatic ring is 1. The van der Waals surface area contributed by atoms with Crippen LogP contribution in [0.3, 0.4) is 0 Å². The van der Waals surface area contributed by atoms with Crippen molar-refractivity contribution in [3.8, 4) is 0 Å². The maximum atomic E-state index is 11.7. The van der Waals surface area contributed by atoms with Gasteiger partial charge < -0.3 is 39.6 Å². The first-order valence-electron chi connectivity index (χ1n) is 5.72. The highest BCUT2D eigenvalue weighted by atomic mass is 31.2. The van der Waals surface area contributed by atoms with Crippen LogP contribution in [-0.4, -0.2) is 44.7 Å². The first-order valence-corrected chi connectivity index (χ1v) is 7.18. The smallest absolute Gasteiger partial charge is 0.351 e. The van der Waals surface area contributed by atoms with Gasteiger partial charge in [0.05, 0.1) is 14.4 Å². The van der Waals surface area contributed by atoms with Crippen LogP contribution in [0, 0.1) is 0 Å². The Hall–Kier alpha value is -1.33. The number of aromatic nitrogens is 2. The Morgan fingerprint density at radius 3 is 2.76 bits per heavy atom. The van der Waals surface area contributed by atoms with Crippen LogP contribution >= 0.6 is 7.82 Å². The molecule has 0 bridgehead atoms. The summed E-state index contributed by atoms with van der Waals surface area (Å²) in [6.07, 6.45) is -4.82. The van der Waals surface area contributed by atoms with Crippen molar-refractivity contribution in [1.29, 1.82) is 0 Å². The molecule has 1 aliphatic rings. The van der Waals surface area contributed by atoms with E-state index in [0.717, 1.165) is 4.57 Å². The van der Waals surface area contributed by atoms with Gasteiger partial charge in [-0.1, -0.05) is 0 Å². The number of hydrogen-bond donors (Lipinski definition) is 3. The summed E-state index contributed by atoms with van der Waals surface area (Å²) >= 11 is 0. The van der Waals surface area contributed by atoms with Gasteiger partial charge in [-0.25, -0.2) is 4.79 Å². The van der Waals surface area contributed by atoms with Crippen LogP contribution in [0.1, 0.15) is 6.23 Å². The zero-order valence-electron chi connectivity index (χ0n) is 10.4. The third kappa shape index (κ3) is 3.47. The molecule has 11 nitrogen and oxygen atoms in total. The van der Waals surface area contributed by atoms with Gasteiger partial charge in [-0.05, 0) is 6.07 Å². The fourth-order valence-corrected chi connectivity index (χ4v) is 2.55. The fraction of sp³-hybridized carbons (Fsp3) is 0.556. The molecule has 4 atom stereocenters. The van der Waals surface area contributed by atoms with Crippen LogP contribution < -0.4 is 21.2 Å². The molecule has 1 aromatic rings. The second kappa shape index (κ2) is 5.81. The van der Waals surface area contributed by atoms with Crippen molar-refractivity contribution in [1.82, 2.24) is 9.55 Å². The minimum absolute atomic E-state index is 0.0566. The van der Waals surface area contributed by atoms with Crippen molar-refractivity contribution < 1.29 is 33.8 Å². The molecular weight excluding hydrogens is 309 g/mol. The van der Waals surface area contributed by atoms with Crippen molar-refractivity contribution in [3.05, 3.63) is 22.7 Å². The normalized spacial score (nSPS) is 29.7. The maximum Gasteiger partial charge on any atom is 0.351 e. The fourth-order valence-electron chi connectivity index (χ4n) is 2.00. The molecule has 2 rings (SSSR count). The topological polar surface area (TPSA) is 183 Å². The van der Waals surface area contributed by atoms with Crippen molar-refractivity contribution in [2.45, 2.75) is 24.5 Å². The monoisotopic (exact) mass is 321 g/mol. The molecule has 1 fully saturated rings. The van der Waals surface area contributed by atoms with E-state index in [1.807, 2.05) is 0 Å². The number of ether oxygens (including phenoxy) is 1. The van der Waals surface area contributed by atoms with Gasteiger partial charge in [0.25, 0.3) is 0 Å². The van der Waals surface area contributed by atoms with E-state index in [2.05, 4.69) is 9.51 Å². The molecular formula is C9H12N3O8P-2. The highest BCUT2D eigenvalue weighted by Crippen LogP contribution is 2.38. The van der Waals surface area contributed by atoms with Gasteiger partial charge in [-0.3, -0.25) is 4.57 Å². The minimum atomic E-state index is -5.41. The van der Waals surface area contributed by atoms with Gasteiger partial charge in [0, 0.05) is 6.20 Å².